The maximum atomic E-state index is 14.0. The van der Waals surface area contributed by atoms with Gasteiger partial charge in [0, 0.05) is 66.2 Å². The van der Waals surface area contributed by atoms with Crippen LogP contribution in [0.15, 0.2) is 48.5 Å². The van der Waals surface area contributed by atoms with Crippen LogP contribution in [-0.4, -0.2) is 63.6 Å². The first-order chi connectivity index (χ1) is 22.0. The fourth-order valence-corrected chi connectivity index (χ4v) is 6.66. The number of unbranched alkanes of at least 4 members (excludes halogenated alkanes) is 1. The van der Waals surface area contributed by atoms with Crippen LogP contribution in [-0.2, 0) is 35.5 Å². The Labute approximate surface area is 276 Å². The Bertz CT molecular complexity index is 1610. The number of benzene rings is 2. The normalized spacial score (nSPS) is 17.9. The van der Waals surface area contributed by atoms with Gasteiger partial charge in [0.25, 0.3) is 0 Å². The summed E-state index contributed by atoms with van der Waals surface area (Å²) < 4.78 is 7.72. The monoisotopic (exact) mass is 645 g/mol. The van der Waals surface area contributed by atoms with Gasteiger partial charge in [0.1, 0.15) is 5.60 Å². The van der Waals surface area contributed by atoms with E-state index in [0.717, 1.165) is 34.1 Å². The molecule has 1 aromatic heterocycles. The molecule has 5 rings (SSSR count). The number of ether oxygens (including phenoxy) is 1. The SMILES string of the molecule is CC(C)(C)OC(=O)N1CCC(NC(=O)N2CC(=O)C(Cc3cc4cc(Cl)ccc4n3CCCC#N)CCc3ccccc3C2)CC1. The molecule has 0 bridgehead atoms. The van der Waals surface area contributed by atoms with Gasteiger partial charge in [-0.25, -0.2) is 9.59 Å². The van der Waals surface area contributed by atoms with Crippen LogP contribution in [0.3, 0.4) is 0 Å². The van der Waals surface area contributed by atoms with E-state index >= 15 is 0 Å². The van der Waals surface area contributed by atoms with Crippen molar-refractivity contribution < 1.29 is 19.1 Å². The Balaban J connectivity index is 1.32. The first-order valence-corrected chi connectivity index (χ1v) is 16.7. The third kappa shape index (κ3) is 8.41. The number of fused-ring (bicyclic) bond motifs is 2. The molecule has 244 valence electrons. The summed E-state index contributed by atoms with van der Waals surface area (Å²) in [6.07, 6.45) is 4.03. The molecule has 3 heterocycles. The van der Waals surface area contributed by atoms with E-state index in [1.165, 1.54) is 0 Å². The number of nitriles is 1. The summed E-state index contributed by atoms with van der Waals surface area (Å²) in [5, 5.41) is 14.0. The highest BCUT2D eigenvalue weighted by Crippen LogP contribution is 2.29. The summed E-state index contributed by atoms with van der Waals surface area (Å²) >= 11 is 6.31. The average molecular weight is 646 g/mol. The Morgan fingerprint density at radius 1 is 1.02 bits per heavy atom. The van der Waals surface area contributed by atoms with Crippen molar-refractivity contribution in [3.8, 4) is 6.07 Å². The zero-order chi connectivity index (χ0) is 32.8. The molecule has 0 saturated carbocycles. The highest BCUT2D eigenvalue weighted by atomic mass is 35.5. The largest absolute Gasteiger partial charge is 0.444 e. The average Bonchev–Trinajstić information content (AvgIpc) is 3.36. The van der Waals surface area contributed by atoms with Gasteiger partial charge in [-0.3, -0.25) is 4.79 Å². The molecule has 1 unspecified atom stereocenters. The quantitative estimate of drug-likeness (QED) is 0.294. The molecule has 1 fully saturated rings. The number of piperidine rings is 1. The number of nitrogens with zero attached hydrogens (tertiary/aromatic N) is 4. The van der Waals surface area contributed by atoms with Crippen molar-refractivity contribution in [3.05, 3.63) is 70.4 Å². The van der Waals surface area contributed by atoms with Gasteiger partial charge >= 0.3 is 12.1 Å². The molecule has 2 aliphatic heterocycles. The van der Waals surface area contributed by atoms with Gasteiger partial charge in [-0.1, -0.05) is 35.9 Å². The second-order valence-corrected chi connectivity index (χ2v) is 13.9. The zero-order valence-corrected chi connectivity index (χ0v) is 27.8. The molecule has 0 spiro atoms. The van der Waals surface area contributed by atoms with E-state index in [1.54, 1.807) is 9.80 Å². The van der Waals surface area contributed by atoms with E-state index in [0.29, 0.717) is 69.7 Å². The fourth-order valence-electron chi connectivity index (χ4n) is 6.48. The summed E-state index contributed by atoms with van der Waals surface area (Å²) in [6, 6.07) is 17.9. The van der Waals surface area contributed by atoms with Gasteiger partial charge in [-0.05, 0) is 94.7 Å². The number of aromatic nitrogens is 1. The van der Waals surface area contributed by atoms with Crippen LogP contribution in [0.4, 0.5) is 9.59 Å². The van der Waals surface area contributed by atoms with Crippen molar-refractivity contribution in [1.82, 2.24) is 19.7 Å². The van der Waals surface area contributed by atoms with Crippen LogP contribution >= 0.6 is 11.6 Å². The molecule has 3 aromatic rings. The number of likely N-dealkylation sites (tertiary alicyclic amines) is 1. The van der Waals surface area contributed by atoms with E-state index in [1.807, 2.05) is 57.2 Å². The van der Waals surface area contributed by atoms with E-state index in [9.17, 15) is 14.4 Å². The number of carbonyl (C=O) groups excluding carboxylic acids is 3. The lowest BCUT2D eigenvalue weighted by Gasteiger charge is -2.34. The smallest absolute Gasteiger partial charge is 0.410 e. The van der Waals surface area contributed by atoms with E-state index < -0.39 is 5.60 Å². The molecule has 46 heavy (non-hydrogen) atoms. The van der Waals surface area contributed by atoms with Crippen LogP contribution in [0.5, 0.6) is 0 Å². The number of carbonyl (C=O) groups is 3. The van der Waals surface area contributed by atoms with Crippen molar-refractivity contribution in [1.29, 1.82) is 5.26 Å². The lowest BCUT2D eigenvalue weighted by atomic mass is 9.90. The lowest BCUT2D eigenvalue weighted by Crippen LogP contribution is -2.51. The number of urea groups is 1. The second-order valence-electron chi connectivity index (χ2n) is 13.5. The van der Waals surface area contributed by atoms with Crippen LogP contribution in [0.2, 0.25) is 5.02 Å². The van der Waals surface area contributed by atoms with Crippen LogP contribution < -0.4 is 5.32 Å². The van der Waals surface area contributed by atoms with E-state index in [-0.39, 0.29) is 36.4 Å². The highest BCUT2D eigenvalue weighted by Gasteiger charge is 2.31. The molecular weight excluding hydrogens is 602 g/mol. The third-order valence-electron chi connectivity index (χ3n) is 8.88. The molecule has 3 amide bonds. The first kappa shape index (κ1) is 33.3. The van der Waals surface area contributed by atoms with Crippen molar-refractivity contribution in [2.24, 2.45) is 5.92 Å². The molecule has 0 aliphatic carbocycles. The minimum absolute atomic E-state index is 0.0159. The summed E-state index contributed by atoms with van der Waals surface area (Å²) in [4.78, 5) is 43.6. The van der Waals surface area contributed by atoms with Gasteiger partial charge in [0.15, 0.2) is 5.78 Å². The molecule has 0 radical (unpaired) electrons. The molecule has 9 nitrogen and oxygen atoms in total. The maximum absolute atomic E-state index is 14.0. The van der Waals surface area contributed by atoms with Crippen LogP contribution in [0.1, 0.15) is 69.7 Å². The molecule has 1 atom stereocenters. The molecule has 2 aliphatic rings. The fraction of sp³-hybridized carbons (Fsp3) is 0.500. The number of hydrogen-bond acceptors (Lipinski definition) is 5. The van der Waals surface area contributed by atoms with Crippen molar-refractivity contribution in [3.63, 3.8) is 0 Å². The van der Waals surface area contributed by atoms with Gasteiger partial charge < -0.3 is 24.4 Å². The summed E-state index contributed by atoms with van der Waals surface area (Å²) in [5.74, 6) is -0.248. The van der Waals surface area contributed by atoms with Gasteiger partial charge in [-0.2, -0.15) is 5.26 Å². The summed E-state index contributed by atoms with van der Waals surface area (Å²) in [7, 11) is 0. The Morgan fingerprint density at radius 2 is 1.76 bits per heavy atom. The highest BCUT2D eigenvalue weighted by molar-refractivity contribution is 6.31. The van der Waals surface area contributed by atoms with E-state index in [2.05, 4.69) is 28.1 Å². The third-order valence-corrected chi connectivity index (χ3v) is 9.12. The van der Waals surface area contributed by atoms with E-state index in [4.69, 9.17) is 21.6 Å². The van der Waals surface area contributed by atoms with Gasteiger partial charge in [0.2, 0.25) is 0 Å². The molecule has 1 saturated heterocycles. The number of rotatable bonds is 6. The number of aryl methyl sites for hydroxylation is 2. The number of ketones is 1. The first-order valence-electron chi connectivity index (χ1n) is 16.3. The van der Waals surface area contributed by atoms with Crippen LogP contribution in [0.25, 0.3) is 10.9 Å². The van der Waals surface area contributed by atoms with Gasteiger partial charge in [-0.15, -0.1) is 0 Å². The zero-order valence-electron chi connectivity index (χ0n) is 27.1. The molecule has 10 heteroatoms. The Kier molecular flexibility index (Phi) is 10.6. The second kappa shape index (κ2) is 14.6. The molecular formula is C36H44ClN5O4. The number of amides is 3. The molecule has 1 N–H and O–H groups in total. The number of nitrogens with one attached hydrogen (secondary N) is 1. The minimum atomic E-state index is -0.561. The van der Waals surface area contributed by atoms with Crippen molar-refractivity contribution >= 4 is 40.4 Å². The number of Topliss-reactive ketones (excluding diaryl/α,β-unsaturated/α-hetero) is 1. The topological polar surface area (TPSA) is 108 Å². The Hall–Kier alpha value is -4.03. The predicted octanol–water partition coefficient (Wildman–Crippen LogP) is 6.88. The molecule has 2 aromatic carbocycles. The van der Waals surface area contributed by atoms with Gasteiger partial charge in [0.05, 0.1) is 12.6 Å². The predicted molar refractivity (Wildman–Crippen MR) is 179 cm³/mol. The van der Waals surface area contributed by atoms with Crippen LogP contribution in [0, 0.1) is 17.2 Å². The lowest BCUT2D eigenvalue weighted by molar-refractivity contribution is -0.123. The van der Waals surface area contributed by atoms with Crippen molar-refractivity contribution in [2.75, 3.05) is 19.6 Å². The number of hydrogen-bond donors (Lipinski definition) is 1. The summed E-state index contributed by atoms with van der Waals surface area (Å²) in [5.41, 5.74) is 3.71. The maximum Gasteiger partial charge on any atom is 0.410 e. The van der Waals surface area contributed by atoms with Crippen molar-refractivity contribution in [2.45, 2.75) is 90.4 Å². The minimum Gasteiger partial charge on any atom is -0.444 e. The summed E-state index contributed by atoms with van der Waals surface area (Å²) in [6.45, 7) is 7.58. The number of halogens is 1. The Morgan fingerprint density at radius 3 is 2.48 bits per heavy atom. The standard InChI is InChI=1S/C36H44ClN5O4/c1-36(2,3)46-35(45)40-18-14-30(15-19-40)39-34(44)41-23-27-9-5-4-8-25(27)10-11-26(33(43)24-41)21-31-22-28-20-29(37)12-13-32(28)42(31)17-7-6-16-38/h4-5,8-9,12-13,20,22,26,30H,6-7,10-11,14-15,17-19,21,23-24H2,1-3H3,(H,39,44).